The van der Waals surface area contributed by atoms with Gasteiger partial charge in [0.1, 0.15) is 0 Å². The van der Waals surface area contributed by atoms with Crippen LogP contribution >= 0.6 is 11.3 Å². The van der Waals surface area contributed by atoms with Crippen LogP contribution in [-0.4, -0.2) is 0 Å². The molecule has 0 fully saturated rings. The quantitative estimate of drug-likeness (QED) is 0.178. The molecular weight excluding hydrogens is 739 g/mol. The SMILES string of the molecule is c1ccc(N(c2ccc(-c3cccc4c3sc3ccccc34)cc2)c2cccc3c2Oc2cc4c(cc2O3)C2(c3ccccc3-c3ccccc32)c2ccccc2-4)cc1. The van der Waals surface area contributed by atoms with E-state index in [1.165, 1.54) is 75.8 Å². The summed E-state index contributed by atoms with van der Waals surface area (Å²) in [6.45, 7) is 0. The molecule has 3 nitrogen and oxygen atoms in total. The largest absolute Gasteiger partial charge is 0.449 e. The molecule has 9 aromatic carbocycles. The van der Waals surface area contributed by atoms with Crippen molar-refractivity contribution < 1.29 is 9.47 Å². The first kappa shape index (κ1) is 32.7. The van der Waals surface area contributed by atoms with Crippen molar-refractivity contribution in [2.75, 3.05) is 4.90 Å². The van der Waals surface area contributed by atoms with E-state index in [-0.39, 0.29) is 0 Å². The highest BCUT2D eigenvalue weighted by Crippen LogP contribution is 2.65. The summed E-state index contributed by atoms with van der Waals surface area (Å²) in [5, 5.41) is 2.61. The van der Waals surface area contributed by atoms with Crippen molar-refractivity contribution in [3.8, 4) is 56.4 Å². The summed E-state index contributed by atoms with van der Waals surface area (Å²) >= 11 is 1.86. The molecule has 0 radical (unpaired) electrons. The van der Waals surface area contributed by atoms with Gasteiger partial charge in [0.25, 0.3) is 0 Å². The molecule has 0 amide bonds. The summed E-state index contributed by atoms with van der Waals surface area (Å²) in [4.78, 5) is 2.26. The van der Waals surface area contributed by atoms with E-state index in [1.807, 2.05) is 17.4 Å². The molecule has 1 spiro atoms. The van der Waals surface area contributed by atoms with Crippen molar-refractivity contribution in [3.05, 3.63) is 222 Å². The predicted molar refractivity (Wildman–Crippen MR) is 242 cm³/mol. The number of benzene rings is 9. The second-order valence-corrected chi connectivity index (χ2v) is 16.6. The van der Waals surface area contributed by atoms with Gasteiger partial charge in [-0.3, -0.25) is 0 Å². The second-order valence-electron chi connectivity index (χ2n) is 15.5. The van der Waals surface area contributed by atoms with Crippen LogP contribution in [0.4, 0.5) is 17.1 Å². The maximum Gasteiger partial charge on any atom is 0.194 e. The van der Waals surface area contributed by atoms with Crippen LogP contribution in [0.2, 0.25) is 0 Å². The number of fused-ring (bicyclic) bond motifs is 15. The van der Waals surface area contributed by atoms with Crippen molar-refractivity contribution >= 4 is 48.6 Å². The zero-order valence-corrected chi connectivity index (χ0v) is 32.5. The third-order valence-electron chi connectivity index (χ3n) is 12.5. The lowest BCUT2D eigenvalue weighted by molar-refractivity contribution is 0.360. The molecule has 2 heterocycles. The fraction of sp³-hybridized carbons (Fsp3) is 0.0182. The summed E-state index contributed by atoms with van der Waals surface area (Å²) < 4.78 is 16.6. The van der Waals surface area contributed by atoms with E-state index in [0.717, 1.165) is 17.1 Å². The highest BCUT2D eigenvalue weighted by Gasteiger charge is 2.52. The van der Waals surface area contributed by atoms with Gasteiger partial charge in [0, 0.05) is 31.5 Å². The molecule has 3 aliphatic rings. The van der Waals surface area contributed by atoms with E-state index in [0.29, 0.717) is 23.0 Å². The number of thiophene rings is 1. The summed E-state index contributed by atoms with van der Waals surface area (Å²) in [7, 11) is 0. The molecule has 0 saturated carbocycles. The molecule has 2 aliphatic carbocycles. The number of ether oxygens (including phenoxy) is 2. The summed E-state index contributed by atoms with van der Waals surface area (Å²) in [6, 6.07) is 72.0. The Balaban J connectivity index is 0.937. The smallest absolute Gasteiger partial charge is 0.194 e. The van der Waals surface area contributed by atoms with E-state index in [2.05, 4.69) is 199 Å². The first-order valence-corrected chi connectivity index (χ1v) is 20.9. The van der Waals surface area contributed by atoms with E-state index in [1.54, 1.807) is 0 Å². The normalized spacial score (nSPS) is 13.5. The molecule has 0 atom stereocenters. The van der Waals surface area contributed by atoms with E-state index in [4.69, 9.17) is 9.47 Å². The van der Waals surface area contributed by atoms with Crippen LogP contribution in [0.1, 0.15) is 22.3 Å². The van der Waals surface area contributed by atoms with E-state index < -0.39 is 5.41 Å². The Morgan fingerprint density at radius 2 is 0.966 bits per heavy atom. The third-order valence-corrected chi connectivity index (χ3v) is 13.8. The van der Waals surface area contributed by atoms with Crippen LogP contribution in [0.25, 0.3) is 53.6 Å². The lowest BCUT2D eigenvalue weighted by Gasteiger charge is -2.32. The van der Waals surface area contributed by atoms with E-state index in [9.17, 15) is 0 Å². The van der Waals surface area contributed by atoms with Crippen molar-refractivity contribution in [1.82, 2.24) is 0 Å². The first-order valence-electron chi connectivity index (χ1n) is 20.1. The van der Waals surface area contributed by atoms with Crippen molar-refractivity contribution in [3.63, 3.8) is 0 Å². The number of hydrogen-bond donors (Lipinski definition) is 0. The number of hydrogen-bond acceptors (Lipinski definition) is 4. The van der Waals surface area contributed by atoms with E-state index >= 15 is 0 Å². The molecule has 4 heteroatoms. The van der Waals surface area contributed by atoms with Crippen LogP contribution in [0.15, 0.2) is 200 Å². The van der Waals surface area contributed by atoms with Gasteiger partial charge in [-0.15, -0.1) is 11.3 Å². The Morgan fingerprint density at radius 1 is 0.390 bits per heavy atom. The fourth-order valence-corrected chi connectivity index (χ4v) is 11.4. The molecule has 0 saturated heterocycles. The van der Waals surface area contributed by atoms with Crippen molar-refractivity contribution in [1.29, 1.82) is 0 Å². The summed E-state index contributed by atoms with van der Waals surface area (Å²) in [5.41, 5.74) is 15.0. The molecule has 10 aromatic rings. The Bertz CT molecular complexity index is 3300. The third kappa shape index (κ3) is 4.52. The van der Waals surface area contributed by atoms with Gasteiger partial charge in [-0.25, -0.2) is 0 Å². The molecule has 59 heavy (non-hydrogen) atoms. The summed E-state index contributed by atoms with van der Waals surface area (Å²) in [6.07, 6.45) is 0. The number of anilines is 3. The second kappa shape index (κ2) is 12.3. The van der Waals surface area contributed by atoms with Crippen LogP contribution in [-0.2, 0) is 5.41 Å². The minimum absolute atomic E-state index is 0.460. The monoisotopic (exact) mass is 771 g/mol. The van der Waals surface area contributed by atoms with Gasteiger partial charge < -0.3 is 14.4 Å². The average molecular weight is 772 g/mol. The number of para-hydroxylation sites is 2. The van der Waals surface area contributed by atoms with Gasteiger partial charge in [0.2, 0.25) is 0 Å². The minimum atomic E-state index is -0.460. The zero-order chi connectivity index (χ0) is 38.7. The Morgan fingerprint density at radius 3 is 1.71 bits per heavy atom. The molecule has 1 aliphatic heterocycles. The maximum absolute atomic E-state index is 7.07. The average Bonchev–Trinajstić information content (AvgIpc) is 3.92. The Hall–Kier alpha value is -7.40. The topological polar surface area (TPSA) is 21.7 Å². The molecular formula is C55H33NO2S. The Kier molecular flexibility index (Phi) is 6.81. The van der Waals surface area contributed by atoms with Crippen molar-refractivity contribution in [2.24, 2.45) is 0 Å². The zero-order valence-electron chi connectivity index (χ0n) is 31.7. The number of nitrogens with zero attached hydrogens (tertiary/aromatic N) is 1. The first-order chi connectivity index (χ1) is 29.3. The fourth-order valence-electron chi connectivity index (χ4n) is 10.1. The predicted octanol–water partition coefficient (Wildman–Crippen LogP) is 15.4. The maximum atomic E-state index is 7.07. The van der Waals surface area contributed by atoms with Crippen LogP contribution in [0, 0.1) is 0 Å². The van der Waals surface area contributed by atoms with Gasteiger partial charge in [-0.05, 0) is 110 Å². The summed E-state index contributed by atoms with van der Waals surface area (Å²) in [5.74, 6) is 2.78. The van der Waals surface area contributed by atoms with Gasteiger partial charge in [0.15, 0.2) is 23.0 Å². The molecule has 0 bridgehead atoms. The van der Waals surface area contributed by atoms with Gasteiger partial charge in [-0.1, -0.05) is 146 Å². The number of rotatable bonds is 4. The standard InChI is InChI=1S/C55H33NO2S/c1-2-14-35(15-3-1)56(36-30-28-34(29-31-36)37-20-12-21-42-41-19-7-11-27-52(41)59-54(37)42)48-25-13-26-49-53(48)58-50-32-43-40-18-6-10-24-46(40)55(47(43)33-51(50)57-49)44-22-8-4-16-38(44)39-17-5-9-23-45(39)55/h1-33H. The minimum Gasteiger partial charge on any atom is -0.449 e. The lowest BCUT2D eigenvalue weighted by atomic mass is 9.70. The van der Waals surface area contributed by atoms with Crippen LogP contribution < -0.4 is 14.4 Å². The van der Waals surface area contributed by atoms with Crippen LogP contribution in [0.3, 0.4) is 0 Å². The van der Waals surface area contributed by atoms with Crippen molar-refractivity contribution in [2.45, 2.75) is 5.41 Å². The van der Waals surface area contributed by atoms with Gasteiger partial charge in [-0.2, -0.15) is 0 Å². The Labute approximate surface area is 345 Å². The van der Waals surface area contributed by atoms with Gasteiger partial charge >= 0.3 is 0 Å². The molecule has 1 aromatic heterocycles. The molecule has 276 valence electrons. The lowest BCUT2D eigenvalue weighted by Crippen LogP contribution is -2.25. The van der Waals surface area contributed by atoms with Gasteiger partial charge in [0.05, 0.1) is 11.1 Å². The molecule has 0 unspecified atom stereocenters. The highest BCUT2D eigenvalue weighted by molar-refractivity contribution is 7.26. The molecule has 0 N–H and O–H groups in total. The van der Waals surface area contributed by atoms with Crippen LogP contribution in [0.5, 0.6) is 23.0 Å². The highest BCUT2D eigenvalue weighted by atomic mass is 32.1. The molecule has 13 rings (SSSR count).